The Labute approximate surface area is 144 Å². The Morgan fingerprint density at radius 1 is 1.08 bits per heavy atom. The molecule has 3 rings (SSSR count). The fourth-order valence-electron chi connectivity index (χ4n) is 2.25. The predicted molar refractivity (Wildman–Crippen MR) is 92.6 cm³/mol. The maximum atomic E-state index is 11.9. The molecular formula is C18H16N6O. The lowest BCUT2D eigenvalue weighted by Gasteiger charge is -2.08. The summed E-state index contributed by atoms with van der Waals surface area (Å²) in [7, 11) is 0. The highest BCUT2D eigenvalue weighted by Gasteiger charge is 2.03. The van der Waals surface area contributed by atoms with E-state index in [1.807, 2.05) is 30.3 Å². The summed E-state index contributed by atoms with van der Waals surface area (Å²) in [6, 6.07) is 16.4. The van der Waals surface area contributed by atoms with Gasteiger partial charge in [-0.3, -0.25) is 0 Å². The van der Waals surface area contributed by atoms with E-state index in [0.29, 0.717) is 24.3 Å². The van der Waals surface area contributed by atoms with Crippen molar-refractivity contribution in [3.05, 3.63) is 77.9 Å². The maximum absolute atomic E-state index is 11.9. The van der Waals surface area contributed by atoms with Gasteiger partial charge >= 0.3 is 6.03 Å². The molecule has 3 aromatic rings. The molecule has 0 fully saturated rings. The zero-order valence-electron chi connectivity index (χ0n) is 13.4. The van der Waals surface area contributed by atoms with E-state index in [4.69, 9.17) is 5.26 Å². The Hall–Kier alpha value is -3.66. The molecule has 1 heterocycles. The minimum atomic E-state index is -0.295. The Kier molecular flexibility index (Phi) is 5.02. The van der Waals surface area contributed by atoms with E-state index in [9.17, 15) is 4.79 Å². The van der Waals surface area contributed by atoms with E-state index in [1.54, 1.807) is 35.3 Å². The van der Waals surface area contributed by atoms with Crippen LogP contribution in [-0.4, -0.2) is 20.8 Å². The number of amides is 2. The Morgan fingerprint density at radius 2 is 1.80 bits per heavy atom. The normalized spacial score (nSPS) is 10.0. The minimum Gasteiger partial charge on any atom is -0.334 e. The van der Waals surface area contributed by atoms with Crippen LogP contribution in [0, 0.1) is 11.3 Å². The number of urea groups is 1. The minimum absolute atomic E-state index is 0.295. The molecule has 0 unspecified atom stereocenters. The number of rotatable bonds is 5. The van der Waals surface area contributed by atoms with Gasteiger partial charge in [0, 0.05) is 12.2 Å². The largest absolute Gasteiger partial charge is 0.334 e. The molecule has 0 aliphatic carbocycles. The summed E-state index contributed by atoms with van der Waals surface area (Å²) in [6.45, 7) is 1.08. The third-order valence-corrected chi connectivity index (χ3v) is 3.56. The molecule has 2 N–H and O–H groups in total. The highest BCUT2D eigenvalue weighted by Crippen LogP contribution is 2.09. The van der Waals surface area contributed by atoms with Crippen LogP contribution in [0.1, 0.15) is 16.7 Å². The zero-order valence-corrected chi connectivity index (χ0v) is 13.4. The van der Waals surface area contributed by atoms with Crippen molar-refractivity contribution in [2.75, 3.05) is 5.32 Å². The number of hydrogen-bond donors (Lipinski definition) is 2. The van der Waals surface area contributed by atoms with Gasteiger partial charge < -0.3 is 10.6 Å². The molecule has 0 atom stereocenters. The van der Waals surface area contributed by atoms with E-state index in [2.05, 4.69) is 20.7 Å². The van der Waals surface area contributed by atoms with Crippen LogP contribution >= 0.6 is 0 Å². The van der Waals surface area contributed by atoms with Gasteiger partial charge in [-0.15, -0.1) is 0 Å². The first-order valence-corrected chi connectivity index (χ1v) is 7.68. The van der Waals surface area contributed by atoms with Gasteiger partial charge in [0.2, 0.25) is 0 Å². The lowest BCUT2D eigenvalue weighted by molar-refractivity contribution is 0.251. The molecule has 1 aromatic heterocycles. The Balaban J connectivity index is 1.49. The number of aromatic nitrogens is 3. The van der Waals surface area contributed by atoms with Gasteiger partial charge in [0.1, 0.15) is 12.7 Å². The van der Waals surface area contributed by atoms with Crippen molar-refractivity contribution in [1.82, 2.24) is 20.1 Å². The van der Waals surface area contributed by atoms with Crippen LogP contribution in [0.3, 0.4) is 0 Å². The molecule has 2 amide bonds. The van der Waals surface area contributed by atoms with Gasteiger partial charge in [-0.2, -0.15) is 10.4 Å². The number of anilines is 1. The fourth-order valence-corrected chi connectivity index (χ4v) is 2.25. The molecule has 25 heavy (non-hydrogen) atoms. The van der Waals surface area contributed by atoms with E-state index in [-0.39, 0.29) is 6.03 Å². The molecule has 2 aromatic carbocycles. The first-order valence-electron chi connectivity index (χ1n) is 7.68. The zero-order chi connectivity index (χ0) is 17.5. The summed E-state index contributed by atoms with van der Waals surface area (Å²) in [5.41, 5.74) is 3.30. The van der Waals surface area contributed by atoms with Gasteiger partial charge in [0.05, 0.1) is 18.2 Å². The highest BCUT2D eigenvalue weighted by molar-refractivity contribution is 5.89. The van der Waals surface area contributed by atoms with Crippen molar-refractivity contribution in [3.8, 4) is 6.07 Å². The fraction of sp³-hybridized carbons (Fsp3) is 0.111. The van der Waals surface area contributed by atoms with Gasteiger partial charge in [-0.1, -0.05) is 24.3 Å². The van der Waals surface area contributed by atoms with Crippen molar-refractivity contribution in [1.29, 1.82) is 5.26 Å². The molecule has 0 aliphatic rings. The summed E-state index contributed by atoms with van der Waals surface area (Å²) < 4.78 is 1.75. The van der Waals surface area contributed by atoms with E-state index >= 15 is 0 Å². The molecule has 7 heteroatoms. The van der Waals surface area contributed by atoms with Gasteiger partial charge in [-0.25, -0.2) is 14.5 Å². The molecule has 7 nitrogen and oxygen atoms in total. The van der Waals surface area contributed by atoms with Gasteiger partial charge in [0.25, 0.3) is 0 Å². The van der Waals surface area contributed by atoms with E-state index < -0.39 is 0 Å². The van der Waals surface area contributed by atoms with E-state index in [1.165, 1.54) is 6.33 Å². The quantitative estimate of drug-likeness (QED) is 0.750. The monoisotopic (exact) mass is 332 g/mol. The lowest BCUT2D eigenvalue weighted by Crippen LogP contribution is -2.28. The summed E-state index contributed by atoms with van der Waals surface area (Å²) in [6.07, 6.45) is 3.17. The molecule has 124 valence electrons. The van der Waals surface area contributed by atoms with Crippen LogP contribution in [0.5, 0.6) is 0 Å². The molecule has 0 aliphatic heterocycles. The highest BCUT2D eigenvalue weighted by atomic mass is 16.2. The second kappa shape index (κ2) is 7.75. The summed E-state index contributed by atoms with van der Waals surface area (Å²) >= 11 is 0. The second-order valence-corrected chi connectivity index (χ2v) is 5.41. The summed E-state index contributed by atoms with van der Waals surface area (Å²) in [5, 5.41) is 18.3. The van der Waals surface area contributed by atoms with Crippen LogP contribution in [0.15, 0.2) is 61.2 Å². The number of benzene rings is 2. The molecular weight excluding hydrogens is 316 g/mol. The van der Waals surface area contributed by atoms with Gasteiger partial charge in [0.15, 0.2) is 0 Å². The van der Waals surface area contributed by atoms with Crippen molar-refractivity contribution in [2.45, 2.75) is 13.1 Å². The van der Waals surface area contributed by atoms with Crippen molar-refractivity contribution in [2.24, 2.45) is 0 Å². The molecule has 0 spiro atoms. The van der Waals surface area contributed by atoms with Crippen LogP contribution in [0.25, 0.3) is 0 Å². The topological polar surface area (TPSA) is 95.6 Å². The van der Waals surface area contributed by atoms with Crippen molar-refractivity contribution in [3.63, 3.8) is 0 Å². The first kappa shape index (κ1) is 16.2. The predicted octanol–water partition coefficient (Wildman–Crippen LogP) is 2.52. The number of nitrogens with zero attached hydrogens (tertiary/aromatic N) is 4. The van der Waals surface area contributed by atoms with Gasteiger partial charge in [-0.05, 0) is 35.4 Å². The summed E-state index contributed by atoms with van der Waals surface area (Å²) in [5.74, 6) is 0. The third-order valence-electron chi connectivity index (χ3n) is 3.56. The standard InChI is InChI=1S/C18H16N6O/c19-9-14-5-7-17(8-6-14)23-18(25)21-10-15-1-3-16(4-2-15)11-24-13-20-12-22-24/h1-8,12-13H,10-11H2,(H2,21,23,25). The van der Waals surface area contributed by atoms with Crippen molar-refractivity contribution >= 4 is 11.7 Å². The molecule has 0 radical (unpaired) electrons. The number of nitriles is 1. The maximum Gasteiger partial charge on any atom is 0.319 e. The van der Waals surface area contributed by atoms with Crippen LogP contribution in [0.2, 0.25) is 0 Å². The average Bonchev–Trinajstić information content (AvgIpc) is 3.15. The Morgan fingerprint density at radius 3 is 2.44 bits per heavy atom. The van der Waals surface area contributed by atoms with Crippen molar-refractivity contribution < 1.29 is 4.79 Å². The molecule has 0 saturated carbocycles. The lowest BCUT2D eigenvalue weighted by atomic mass is 10.1. The van der Waals surface area contributed by atoms with Crippen LogP contribution in [-0.2, 0) is 13.1 Å². The average molecular weight is 332 g/mol. The number of carbonyl (C=O) groups is 1. The Bertz CT molecular complexity index is 863. The number of nitrogens with one attached hydrogen (secondary N) is 2. The smallest absolute Gasteiger partial charge is 0.319 e. The van der Waals surface area contributed by atoms with Crippen LogP contribution < -0.4 is 10.6 Å². The second-order valence-electron chi connectivity index (χ2n) is 5.41. The number of carbonyl (C=O) groups excluding carboxylic acids is 1. The van der Waals surface area contributed by atoms with Crippen LogP contribution in [0.4, 0.5) is 10.5 Å². The third kappa shape index (κ3) is 4.65. The summed E-state index contributed by atoms with van der Waals surface area (Å²) in [4.78, 5) is 15.8. The first-order chi connectivity index (χ1) is 12.2. The van der Waals surface area contributed by atoms with E-state index in [0.717, 1.165) is 11.1 Å². The number of hydrogen-bond acceptors (Lipinski definition) is 4. The molecule has 0 bridgehead atoms. The molecule has 0 saturated heterocycles. The SMILES string of the molecule is N#Cc1ccc(NC(=O)NCc2ccc(Cn3cncn3)cc2)cc1.